The summed E-state index contributed by atoms with van der Waals surface area (Å²) < 4.78 is 18.4. The van der Waals surface area contributed by atoms with Gasteiger partial charge in [0.1, 0.15) is 18.5 Å². The zero-order valence-electron chi connectivity index (χ0n) is 15.4. The summed E-state index contributed by atoms with van der Waals surface area (Å²) in [7, 11) is 1.76. The van der Waals surface area contributed by atoms with Crippen LogP contribution in [0.3, 0.4) is 0 Å². The van der Waals surface area contributed by atoms with E-state index in [2.05, 4.69) is 11.8 Å². The first-order valence-electron chi connectivity index (χ1n) is 9.34. The summed E-state index contributed by atoms with van der Waals surface area (Å²) in [4.78, 5) is 12.3. The lowest BCUT2D eigenvalue weighted by Gasteiger charge is -2.23. The van der Waals surface area contributed by atoms with Gasteiger partial charge in [0.15, 0.2) is 0 Å². The number of hydrogen-bond donors (Lipinski definition) is 0. The van der Waals surface area contributed by atoms with Gasteiger partial charge in [-0.3, -0.25) is 4.79 Å². The average molecular weight is 365 g/mol. The Morgan fingerprint density at radius 2 is 2.00 bits per heavy atom. The molecule has 0 bridgehead atoms. The number of hydrogen-bond acceptors (Lipinski definition) is 4. The SMILES string of the molecule is Cn1c(-c2ccc(C#CC3CC3)cc2)cc(OCC2COCCO2)cc1=O. The van der Waals surface area contributed by atoms with Crippen molar-refractivity contribution in [3.63, 3.8) is 0 Å². The highest BCUT2D eigenvalue weighted by Crippen LogP contribution is 2.28. The van der Waals surface area contributed by atoms with Gasteiger partial charge in [-0.1, -0.05) is 24.0 Å². The maximum absolute atomic E-state index is 12.3. The Bertz CT molecular complexity index is 910. The molecule has 2 aromatic rings. The second-order valence-corrected chi connectivity index (χ2v) is 6.97. The molecule has 0 spiro atoms. The van der Waals surface area contributed by atoms with Crippen LogP contribution in [0.15, 0.2) is 41.2 Å². The fourth-order valence-electron chi connectivity index (χ4n) is 2.93. The number of benzene rings is 1. The molecule has 1 aliphatic carbocycles. The maximum atomic E-state index is 12.3. The first kappa shape index (κ1) is 17.8. The van der Waals surface area contributed by atoms with Crippen molar-refractivity contribution in [1.29, 1.82) is 0 Å². The van der Waals surface area contributed by atoms with Gasteiger partial charge in [0.2, 0.25) is 0 Å². The highest BCUT2D eigenvalue weighted by Gasteiger charge is 2.18. The average Bonchev–Trinajstić information content (AvgIpc) is 3.53. The van der Waals surface area contributed by atoms with Crippen LogP contribution in [0.5, 0.6) is 5.75 Å². The molecule has 5 nitrogen and oxygen atoms in total. The summed E-state index contributed by atoms with van der Waals surface area (Å²) in [6, 6.07) is 11.4. The number of aromatic nitrogens is 1. The van der Waals surface area contributed by atoms with Gasteiger partial charge in [0.25, 0.3) is 5.56 Å². The second kappa shape index (κ2) is 7.99. The van der Waals surface area contributed by atoms with Gasteiger partial charge in [-0.15, -0.1) is 0 Å². The molecular weight excluding hydrogens is 342 g/mol. The highest BCUT2D eigenvalue weighted by molar-refractivity contribution is 5.62. The number of pyridine rings is 1. The molecule has 1 aliphatic heterocycles. The molecule has 2 aliphatic rings. The van der Waals surface area contributed by atoms with E-state index in [1.165, 1.54) is 18.9 Å². The molecule has 140 valence electrons. The molecule has 1 saturated heterocycles. The van der Waals surface area contributed by atoms with Crippen LogP contribution in [0.1, 0.15) is 18.4 Å². The molecule has 1 aromatic carbocycles. The zero-order chi connectivity index (χ0) is 18.6. The fourth-order valence-corrected chi connectivity index (χ4v) is 2.93. The smallest absolute Gasteiger partial charge is 0.254 e. The Balaban J connectivity index is 1.51. The summed E-state index contributed by atoms with van der Waals surface area (Å²) in [5, 5.41) is 0. The summed E-state index contributed by atoms with van der Waals surface area (Å²) >= 11 is 0. The number of ether oxygens (including phenoxy) is 3. The zero-order valence-corrected chi connectivity index (χ0v) is 15.4. The summed E-state index contributed by atoms with van der Waals surface area (Å²) in [5.41, 5.74) is 2.65. The monoisotopic (exact) mass is 365 g/mol. The third-order valence-corrected chi connectivity index (χ3v) is 4.74. The van der Waals surface area contributed by atoms with Crippen LogP contribution >= 0.6 is 0 Å². The highest BCUT2D eigenvalue weighted by atomic mass is 16.6. The van der Waals surface area contributed by atoms with Gasteiger partial charge in [0, 0.05) is 30.7 Å². The first-order valence-corrected chi connectivity index (χ1v) is 9.34. The summed E-state index contributed by atoms with van der Waals surface area (Å²) in [5.74, 6) is 7.60. The van der Waals surface area contributed by atoms with E-state index in [1.54, 1.807) is 11.6 Å². The molecule has 2 heterocycles. The second-order valence-electron chi connectivity index (χ2n) is 6.97. The number of nitrogens with zero attached hydrogens (tertiary/aromatic N) is 1. The van der Waals surface area contributed by atoms with E-state index < -0.39 is 0 Å². The van der Waals surface area contributed by atoms with Crippen LogP contribution in [0, 0.1) is 17.8 Å². The predicted molar refractivity (Wildman–Crippen MR) is 103 cm³/mol. The quantitative estimate of drug-likeness (QED) is 0.782. The Kier molecular flexibility index (Phi) is 5.28. The molecule has 4 rings (SSSR count). The van der Waals surface area contributed by atoms with Gasteiger partial charge in [-0.05, 0) is 30.5 Å². The van der Waals surface area contributed by atoms with E-state index in [-0.39, 0.29) is 11.7 Å². The minimum Gasteiger partial charge on any atom is -0.491 e. The number of rotatable bonds is 4. The van der Waals surface area contributed by atoms with Crippen LogP contribution < -0.4 is 10.3 Å². The normalized spacial score (nSPS) is 19.2. The van der Waals surface area contributed by atoms with Crippen molar-refractivity contribution in [2.45, 2.75) is 18.9 Å². The maximum Gasteiger partial charge on any atom is 0.254 e. The molecule has 1 unspecified atom stereocenters. The minimum absolute atomic E-state index is 0.101. The molecule has 1 atom stereocenters. The topological polar surface area (TPSA) is 49.7 Å². The van der Waals surface area contributed by atoms with E-state index >= 15 is 0 Å². The molecule has 1 saturated carbocycles. The third kappa shape index (κ3) is 4.60. The van der Waals surface area contributed by atoms with Crippen molar-refractivity contribution in [2.75, 3.05) is 26.4 Å². The van der Waals surface area contributed by atoms with Gasteiger partial charge in [-0.2, -0.15) is 0 Å². The molecule has 0 N–H and O–H groups in total. The van der Waals surface area contributed by atoms with E-state index in [0.717, 1.165) is 16.8 Å². The van der Waals surface area contributed by atoms with Crippen LogP contribution in [-0.4, -0.2) is 37.1 Å². The molecular formula is C22H23NO4. The van der Waals surface area contributed by atoms with Crippen molar-refractivity contribution in [3.8, 4) is 28.8 Å². The molecule has 5 heteroatoms. The fraction of sp³-hybridized carbons (Fsp3) is 0.409. The largest absolute Gasteiger partial charge is 0.491 e. The molecule has 2 fully saturated rings. The summed E-state index contributed by atoms with van der Waals surface area (Å²) in [6.45, 7) is 2.07. The lowest BCUT2D eigenvalue weighted by molar-refractivity contribution is -0.101. The van der Waals surface area contributed by atoms with Crippen LogP contribution in [0.2, 0.25) is 0 Å². The van der Waals surface area contributed by atoms with E-state index in [4.69, 9.17) is 14.2 Å². The van der Waals surface area contributed by atoms with Gasteiger partial charge in [0.05, 0.1) is 25.5 Å². The summed E-state index contributed by atoms with van der Waals surface area (Å²) in [6.07, 6.45) is 2.34. The lowest BCUT2D eigenvalue weighted by Crippen LogP contribution is -2.33. The Hall–Kier alpha value is -2.55. The van der Waals surface area contributed by atoms with Crippen molar-refractivity contribution in [2.24, 2.45) is 13.0 Å². The van der Waals surface area contributed by atoms with Gasteiger partial charge in [-0.25, -0.2) is 0 Å². The van der Waals surface area contributed by atoms with Crippen LogP contribution in [-0.2, 0) is 16.5 Å². The lowest BCUT2D eigenvalue weighted by atomic mass is 10.1. The van der Waals surface area contributed by atoms with E-state index in [1.807, 2.05) is 30.3 Å². The van der Waals surface area contributed by atoms with Crippen molar-refractivity contribution < 1.29 is 14.2 Å². The first-order chi connectivity index (χ1) is 13.2. The van der Waals surface area contributed by atoms with E-state index in [9.17, 15) is 4.79 Å². The molecule has 27 heavy (non-hydrogen) atoms. The van der Waals surface area contributed by atoms with Crippen molar-refractivity contribution in [1.82, 2.24) is 4.57 Å². The Morgan fingerprint density at radius 1 is 1.19 bits per heavy atom. The van der Waals surface area contributed by atoms with Crippen molar-refractivity contribution >= 4 is 0 Å². The Morgan fingerprint density at radius 3 is 2.70 bits per heavy atom. The van der Waals surface area contributed by atoms with Crippen LogP contribution in [0.25, 0.3) is 11.3 Å². The standard InChI is InChI=1S/C22H23NO4/c1-23-21(18-8-6-17(7-9-18)5-4-16-2-3-16)12-19(13-22(23)24)27-15-20-14-25-10-11-26-20/h6-9,12-13,16,20H,2-3,10-11,14-15H2,1H3. The molecule has 1 aromatic heterocycles. The molecule has 0 radical (unpaired) electrons. The predicted octanol–water partition coefficient (Wildman–Crippen LogP) is 2.61. The van der Waals surface area contributed by atoms with Gasteiger partial charge >= 0.3 is 0 Å². The van der Waals surface area contributed by atoms with E-state index in [0.29, 0.717) is 38.1 Å². The van der Waals surface area contributed by atoms with Crippen molar-refractivity contribution in [3.05, 3.63) is 52.3 Å². The Labute approximate surface area is 158 Å². The van der Waals surface area contributed by atoms with Gasteiger partial charge < -0.3 is 18.8 Å². The third-order valence-electron chi connectivity index (χ3n) is 4.74. The van der Waals surface area contributed by atoms with Crippen LogP contribution in [0.4, 0.5) is 0 Å². The molecule has 0 amide bonds. The minimum atomic E-state index is -0.110.